The lowest BCUT2D eigenvalue weighted by Gasteiger charge is -2.38. The number of rotatable bonds is 4. The fourth-order valence-corrected chi connectivity index (χ4v) is 3.31. The standard InChI is InChI=1S/C21H23NO4/c1-14(15-9-11-17(25-4)12-10-15)22(3)20(24)21(2)13-16-7-5-6-8-18(16)19(23)26-21/h5-12,14H,13H2,1-4H3. The van der Waals surface area contributed by atoms with Crippen LogP contribution in [-0.2, 0) is 16.0 Å². The van der Waals surface area contributed by atoms with Crippen molar-refractivity contribution in [3.63, 3.8) is 0 Å². The lowest BCUT2D eigenvalue weighted by Crippen LogP contribution is -2.52. The van der Waals surface area contributed by atoms with Gasteiger partial charge < -0.3 is 14.4 Å². The third-order valence-electron chi connectivity index (χ3n) is 5.03. The molecule has 0 aromatic heterocycles. The number of esters is 1. The molecular formula is C21H23NO4. The summed E-state index contributed by atoms with van der Waals surface area (Å²) in [6.45, 7) is 3.63. The molecule has 26 heavy (non-hydrogen) atoms. The SMILES string of the molecule is COc1ccc(C(C)N(C)C(=O)C2(C)Cc3ccccc3C(=O)O2)cc1. The smallest absolute Gasteiger partial charge is 0.339 e. The molecule has 1 aliphatic heterocycles. The van der Waals surface area contributed by atoms with Crippen molar-refractivity contribution in [1.29, 1.82) is 0 Å². The van der Waals surface area contributed by atoms with Gasteiger partial charge in [-0.2, -0.15) is 0 Å². The molecule has 5 heteroatoms. The number of hydrogen-bond donors (Lipinski definition) is 0. The fourth-order valence-electron chi connectivity index (χ4n) is 3.31. The Morgan fingerprint density at radius 1 is 1.19 bits per heavy atom. The van der Waals surface area contributed by atoms with E-state index in [0.29, 0.717) is 12.0 Å². The summed E-state index contributed by atoms with van der Waals surface area (Å²) in [5.74, 6) is 0.0941. The maximum absolute atomic E-state index is 13.1. The Bertz CT molecular complexity index is 830. The van der Waals surface area contributed by atoms with E-state index < -0.39 is 11.6 Å². The van der Waals surface area contributed by atoms with E-state index in [9.17, 15) is 9.59 Å². The summed E-state index contributed by atoms with van der Waals surface area (Å²) in [6.07, 6.45) is 0.368. The minimum Gasteiger partial charge on any atom is -0.497 e. The molecule has 2 atom stereocenters. The molecule has 1 heterocycles. The first kappa shape index (κ1) is 18.0. The van der Waals surface area contributed by atoms with Gasteiger partial charge in [-0.05, 0) is 43.2 Å². The molecule has 2 aromatic rings. The van der Waals surface area contributed by atoms with Gasteiger partial charge in [0.1, 0.15) is 5.75 Å². The molecule has 0 bridgehead atoms. The normalized spacial score (nSPS) is 19.9. The Labute approximate surface area is 153 Å². The van der Waals surface area contributed by atoms with Crippen LogP contribution in [0.3, 0.4) is 0 Å². The summed E-state index contributed by atoms with van der Waals surface area (Å²) in [7, 11) is 3.35. The van der Waals surface area contributed by atoms with Crippen molar-refractivity contribution in [2.24, 2.45) is 0 Å². The molecule has 0 N–H and O–H groups in total. The van der Waals surface area contributed by atoms with Gasteiger partial charge in [0.2, 0.25) is 0 Å². The quantitative estimate of drug-likeness (QED) is 0.791. The summed E-state index contributed by atoms with van der Waals surface area (Å²) in [6, 6.07) is 14.7. The minimum atomic E-state index is -1.21. The number of ether oxygens (including phenoxy) is 2. The van der Waals surface area contributed by atoms with Crippen molar-refractivity contribution < 1.29 is 19.1 Å². The van der Waals surface area contributed by atoms with Crippen LogP contribution in [0.5, 0.6) is 5.75 Å². The van der Waals surface area contributed by atoms with E-state index >= 15 is 0 Å². The highest BCUT2D eigenvalue weighted by Gasteiger charge is 2.44. The Hall–Kier alpha value is -2.82. The number of amides is 1. The number of methoxy groups -OCH3 is 1. The molecular weight excluding hydrogens is 330 g/mol. The number of fused-ring (bicyclic) bond motifs is 1. The third kappa shape index (κ3) is 3.17. The number of likely N-dealkylation sites (N-methyl/N-ethyl adjacent to an activating group) is 1. The average molecular weight is 353 g/mol. The van der Waals surface area contributed by atoms with Gasteiger partial charge in [0, 0.05) is 13.5 Å². The predicted molar refractivity (Wildman–Crippen MR) is 98.1 cm³/mol. The van der Waals surface area contributed by atoms with Crippen LogP contribution < -0.4 is 4.74 Å². The first-order chi connectivity index (χ1) is 12.4. The number of nitrogens with zero attached hydrogens (tertiary/aromatic N) is 1. The van der Waals surface area contributed by atoms with Crippen molar-refractivity contribution >= 4 is 11.9 Å². The molecule has 0 saturated carbocycles. The van der Waals surface area contributed by atoms with Gasteiger partial charge in [0.15, 0.2) is 5.60 Å². The monoisotopic (exact) mass is 353 g/mol. The summed E-state index contributed by atoms with van der Waals surface area (Å²) in [5, 5.41) is 0. The molecule has 0 radical (unpaired) electrons. The highest BCUT2D eigenvalue weighted by Crippen LogP contribution is 2.32. The lowest BCUT2D eigenvalue weighted by atomic mass is 9.88. The molecule has 136 valence electrons. The van der Waals surface area contributed by atoms with Crippen molar-refractivity contribution in [3.05, 3.63) is 65.2 Å². The zero-order valence-electron chi connectivity index (χ0n) is 15.5. The number of carbonyl (C=O) groups excluding carboxylic acids is 2. The summed E-state index contributed by atoms with van der Waals surface area (Å²) >= 11 is 0. The van der Waals surface area contributed by atoms with Crippen LogP contribution in [-0.4, -0.2) is 36.5 Å². The van der Waals surface area contributed by atoms with Gasteiger partial charge in [0.05, 0.1) is 18.7 Å². The molecule has 0 saturated heterocycles. The van der Waals surface area contributed by atoms with E-state index in [-0.39, 0.29) is 11.9 Å². The molecule has 2 aromatic carbocycles. The van der Waals surface area contributed by atoms with Crippen LogP contribution in [0.2, 0.25) is 0 Å². The second kappa shape index (κ2) is 6.83. The maximum atomic E-state index is 13.1. The summed E-state index contributed by atoms with van der Waals surface area (Å²) in [5.41, 5.74) is 1.14. The molecule has 5 nitrogen and oxygen atoms in total. The predicted octanol–water partition coefficient (Wildman–Crippen LogP) is 3.39. The second-order valence-corrected chi connectivity index (χ2v) is 6.82. The van der Waals surface area contributed by atoms with E-state index in [2.05, 4.69) is 0 Å². The Morgan fingerprint density at radius 2 is 1.85 bits per heavy atom. The number of cyclic esters (lactones) is 1. The topological polar surface area (TPSA) is 55.8 Å². The van der Waals surface area contributed by atoms with Crippen molar-refractivity contribution in [3.8, 4) is 5.75 Å². The molecule has 1 amide bonds. The summed E-state index contributed by atoms with van der Waals surface area (Å²) in [4.78, 5) is 27.1. The highest BCUT2D eigenvalue weighted by atomic mass is 16.6. The minimum absolute atomic E-state index is 0.166. The van der Waals surface area contributed by atoms with E-state index in [1.807, 2.05) is 43.3 Å². The van der Waals surface area contributed by atoms with Crippen LogP contribution >= 0.6 is 0 Å². The Balaban J connectivity index is 1.82. The number of carbonyl (C=O) groups is 2. The van der Waals surface area contributed by atoms with Crippen LogP contribution in [0.25, 0.3) is 0 Å². The average Bonchev–Trinajstić information content (AvgIpc) is 2.66. The molecule has 2 unspecified atom stereocenters. The lowest BCUT2D eigenvalue weighted by molar-refractivity contribution is -0.151. The maximum Gasteiger partial charge on any atom is 0.339 e. The van der Waals surface area contributed by atoms with Gasteiger partial charge in [-0.25, -0.2) is 4.79 Å². The van der Waals surface area contributed by atoms with Gasteiger partial charge in [-0.15, -0.1) is 0 Å². The highest BCUT2D eigenvalue weighted by molar-refractivity contribution is 5.97. The molecule has 1 aliphatic rings. The van der Waals surface area contributed by atoms with Crippen LogP contribution in [0.15, 0.2) is 48.5 Å². The van der Waals surface area contributed by atoms with E-state index in [1.165, 1.54) is 0 Å². The van der Waals surface area contributed by atoms with Crippen LogP contribution in [0.4, 0.5) is 0 Å². The van der Waals surface area contributed by atoms with Gasteiger partial charge in [-0.1, -0.05) is 30.3 Å². The number of hydrogen-bond acceptors (Lipinski definition) is 4. The first-order valence-corrected chi connectivity index (χ1v) is 8.58. The molecule has 0 aliphatic carbocycles. The van der Waals surface area contributed by atoms with Crippen molar-refractivity contribution in [1.82, 2.24) is 4.90 Å². The fraction of sp³-hybridized carbons (Fsp3) is 0.333. The second-order valence-electron chi connectivity index (χ2n) is 6.82. The zero-order chi connectivity index (χ0) is 18.9. The van der Waals surface area contributed by atoms with Crippen LogP contribution in [0.1, 0.15) is 41.4 Å². The Kier molecular flexibility index (Phi) is 4.72. The largest absolute Gasteiger partial charge is 0.497 e. The zero-order valence-corrected chi connectivity index (χ0v) is 15.5. The van der Waals surface area contributed by atoms with Gasteiger partial charge in [0.25, 0.3) is 5.91 Å². The van der Waals surface area contributed by atoms with Crippen molar-refractivity contribution in [2.75, 3.05) is 14.2 Å². The van der Waals surface area contributed by atoms with Crippen molar-refractivity contribution in [2.45, 2.75) is 31.9 Å². The Morgan fingerprint density at radius 3 is 2.50 bits per heavy atom. The first-order valence-electron chi connectivity index (χ1n) is 8.58. The summed E-state index contributed by atoms with van der Waals surface area (Å²) < 4.78 is 10.7. The van der Waals surface area contributed by atoms with Gasteiger partial charge >= 0.3 is 5.97 Å². The number of benzene rings is 2. The van der Waals surface area contributed by atoms with Crippen LogP contribution in [0, 0.1) is 0 Å². The third-order valence-corrected chi connectivity index (χ3v) is 5.03. The van der Waals surface area contributed by atoms with E-state index in [0.717, 1.165) is 16.9 Å². The molecule has 3 rings (SSSR count). The van der Waals surface area contributed by atoms with Gasteiger partial charge in [-0.3, -0.25) is 4.79 Å². The van der Waals surface area contributed by atoms with E-state index in [1.54, 1.807) is 38.1 Å². The molecule has 0 spiro atoms. The van der Waals surface area contributed by atoms with E-state index in [4.69, 9.17) is 9.47 Å². The molecule has 0 fully saturated rings.